The first kappa shape index (κ1) is 15.8. The monoisotopic (exact) mass is 291 g/mol. The van der Waals surface area contributed by atoms with Crippen molar-refractivity contribution in [3.8, 4) is 5.75 Å². The Hall–Kier alpha value is -1.55. The number of hydrogen-bond acceptors (Lipinski definition) is 3. The Bertz CT molecular complexity index is 485. The van der Waals surface area contributed by atoms with E-state index < -0.39 is 11.4 Å². The number of carboxylic acid groups (broad SMARTS) is 1. The molecule has 1 aliphatic heterocycles. The van der Waals surface area contributed by atoms with Crippen LogP contribution in [-0.2, 0) is 11.2 Å². The lowest BCUT2D eigenvalue weighted by molar-refractivity contribution is -0.148. The fourth-order valence-electron chi connectivity index (χ4n) is 3.13. The summed E-state index contributed by atoms with van der Waals surface area (Å²) in [6.07, 6.45) is 2.39. The van der Waals surface area contributed by atoms with Crippen molar-refractivity contribution >= 4 is 5.97 Å². The highest BCUT2D eigenvalue weighted by Gasteiger charge is 2.44. The van der Waals surface area contributed by atoms with Crippen molar-refractivity contribution in [3.05, 3.63) is 29.8 Å². The van der Waals surface area contributed by atoms with E-state index in [1.165, 1.54) is 5.56 Å². The van der Waals surface area contributed by atoms with E-state index in [1.54, 1.807) is 7.11 Å². The largest absolute Gasteiger partial charge is 0.497 e. The smallest absolute Gasteiger partial charge is 0.310 e. The molecule has 2 atom stereocenters. The van der Waals surface area contributed by atoms with Crippen molar-refractivity contribution < 1.29 is 14.6 Å². The zero-order valence-corrected chi connectivity index (χ0v) is 13.1. The van der Waals surface area contributed by atoms with E-state index in [9.17, 15) is 9.90 Å². The van der Waals surface area contributed by atoms with Crippen LogP contribution >= 0.6 is 0 Å². The minimum absolute atomic E-state index is 0.353. The van der Waals surface area contributed by atoms with E-state index in [2.05, 4.69) is 24.0 Å². The summed E-state index contributed by atoms with van der Waals surface area (Å²) in [5, 5.41) is 9.47. The standard InChI is InChI=1S/C17H25NO3/c1-4-17(16(19)20)9-10-18(12-17)13(2)11-14-5-7-15(21-3)8-6-14/h5-8,13H,4,9-12H2,1-3H3,(H,19,20). The zero-order valence-electron chi connectivity index (χ0n) is 13.1. The van der Waals surface area contributed by atoms with Gasteiger partial charge < -0.3 is 9.84 Å². The van der Waals surface area contributed by atoms with Crippen LogP contribution in [0.15, 0.2) is 24.3 Å². The van der Waals surface area contributed by atoms with Crippen molar-refractivity contribution in [2.24, 2.45) is 5.41 Å². The second-order valence-electron chi connectivity index (χ2n) is 6.06. The van der Waals surface area contributed by atoms with Crippen molar-refractivity contribution in [2.45, 2.75) is 39.2 Å². The predicted octanol–water partition coefficient (Wildman–Crippen LogP) is 2.81. The van der Waals surface area contributed by atoms with Crippen LogP contribution in [0.4, 0.5) is 0 Å². The van der Waals surface area contributed by atoms with Gasteiger partial charge in [0.2, 0.25) is 0 Å². The van der Waals surface area contributed by atoms with Gasteiger partial charge in [-0.2, -0.15) is 0 Å². The molecule has 1 saturated heterocycles. The third kappa shape index (κ3) is 3.38. The number of aliphatic carboxylic acids is 1. The SMILES string of the molecule is CCC1(C(=O)O)CCN(C(C)Cc2ccc(OC)cc2)C1. The van der Waals surface area contributed by atoms with Crippen LogP contribution in [0.2, 0.25) is 0 Å². The molecule has 1 N–H and O–H groups in total. The summed E-state index contributed by atoms with van der Waals surface area (Å²) < 4.78 is 5.17. The van der Waals surface area contributed by atoms with E-state index in [-0.39, 0.29) is 0 Å². The second kappa shape index (κ2) is 6.48. The summed E-state index contributed by atoms with van der Waals surface area (Å²) in [5.41, 5.74) is 0.710. The molecule has 1 fully saturated rings. The molecular formula is C17H25NO3. The lowest BCUT2D eigenvalue weighted by atomic mass is 9.84. The van der Waals surface area contributed by atoms with Gasteiger partial charge in [0.25, 0.3) is 0 Å². The first-order valence-electron chi connectivity index (χ1n) is 7.61. The molecule has 21 heavy (non-hydrogen) atoms. The topological polar surface area (TPSA) is 49.8 Å². The molecule has 0 aliphatic carbocycles. The van der Waals surface area contributed by atoms with Gasteiger partial charge in [0.1, 0.15) is 5.75 Å². The van der Waals surface area contributed by atoms with Crippen LogP contribution in [0.1, 0.15) is 32.3 Å². The van der Waals surface area contributed by atoms with Crippen LogP contribution in [-0.4, -0.2) is 42.2 Å². The van der Waals surface area contributed by atoms with Crippen LogP contribution in [0.3, 0.4) is 0 Å². The number of rotatable bonds is 6. The molecule has 4 nitrogen and oxygen atoms in total. The van der Waals surface area contributed by atoms with Crippen molar-refractivity contribution in [1.82, 2.24) is 4.90 Å². The minimum atomic E-state index is -0.649. The minimum Gasteiger partial charge on any atom is -0.497 e. The van der Waals surface area contributed by atoms with Gasteiger partial charge in [-0.15, -0.1) is 0 Å². The summed E-state index contributed by atoms with van der Waals surface area (Å²) >= 11 is 0. The van der Waals surface area contributed by atoms with Crippen LogP contribution in [0, 0.1) is 5.41 Å². The van der Waals surface area contributed by atoms with Gasteiger partial charge in [0, 0.05) is 12.6 Å². The quantitative estimate of drug-likeness (QED) is 0.875. The number of ether oxygens (including phenoxy) is 1. The Morgan fingerprint density at radius 2 is 2.10 bits per heavy atom. The molecule has 2 unspecified atom stereocenters. The molecule has 0 radical (unpaired) electrons. The fourth-order valence-corrected chi connectivity index (χ4v) is 3.13. The molecule has 0 saturated carbocycles. The molecule has 1 aliphatic rings. The molecule has 1 aromatic carbocycles. The number of hydrogen-bond donors (Lipinski definition) is 1. The summed E-state index contributed by atoms with van der Waals surface area (Å²) in [5.74, 6) is 0.215. The van der Waals surface area contributed by atoms with Crippen LogP contribution in [0.5, 0.6) is 5.75 Å². The number of methoxy groups -OCH3 is 1. The number of carboxylic acids is 1. The number of carbonyl (C=O) groups is 1. The van der Waals surface area contributed by atoms with Gasteiger partial charge in [0.15, 0.2) is 0 Å². The second-order valence-corrected chi connectivity index (χ2v) is 6.06. The Morgan fingerprint density at radius 3 is 2.57 bits per heavy atom. The molecule has 0 amide bonds. The third-order valence-corrected chi connectivity index (χ3v) is 4.83. The maximum absolute atomic E-state index is 11.5. The Balaban J connectivity index is 1.98. The first-order valence-corrected chi connectivity index (χ1v) is 7.61. The summed E-state index contributed by atoms with van der Waals surface area (Å²) in [6, 6.07) is 8.45. The van der Waals surface area contributed by atoms with E-state index in [1.807, 2.05) is 19.1 Å². The predicted molar refractivity (Wildman–Crippen MR) is 82.7 cm³/mol. The highest BCUT2D eigenvalue weighted by Crippen LogP contribution is 2.35. The van der Waals surface area contributed by atoms with E-state index in [0.717, 1.165) is 25.1 Å². The number of benzene rings is 1. The van der Waals surface area contributed by atoms with Gasteiger partial charge in [-0.05, 0) is 50.4 Å². The molecular weight excluding hydrogens is 266 g/mol. The van der Waals surface area contributed by atoms with Gasteiger partial charge in [-0.3, -0.25) is 9.69 Å². The average molecular weight is 291 g/mol. The zero-order chi connectivity index (χ0) is 15.5. The van der Waals surface area contributed by atoms with Crippen molar-refractivity contribution in [1.29, 1.82) is 0 Å². The third-order valence-electron chi connectivity index (χ3n) is 4.83. The summed E-state index contributed by atoms with van der Waals surface area (Å²) in [7, 11) is 1.66. The molecule has 0 bridgehead atoms. The number of nitrogens with zero attached hydrogens (tertiary/aromatic N) is 1. The van der Waals surface area contributed by atoms with Gasteiger partial charge >= 0.3 is 5.97 Å². The molecule has 1 heterocycles. The highest BCUT2D eigenvalue weighted by molar-refractivity contribution is 5.75. The van der Waals surface area contributed by atoms with Crippen LogP contribution in [0.25, 0.3) is 0 Å². The van der Waals surface area contributed by atoms with Crippen molar-refractivity contribution in [2.75, 3.05) is 20.2 Å². The molecule has 0 aromatic heterocycles. The molecule has 116 valence electrons. The lowest BCUT2D eigenvalue weighted by Gasteiger charge is -2.27. The Labute approximate surface area is 126 Å². The average Bonchev–Trinajstić information content (AvgIpc) is 2.94. The van der Waals surface area contributed by atoms with Crippen molar-refractivity contribution in [3.63, 3.8) is 0 Å². The Morgan fingerprint density at radius 1 is 1.43 bits per heavy atom. The number of likely N-dealkylation sites (tertiary alicyclic amines) is 1. The maximum atomic E-state index is 11.5. The van der Waals surface area contributed by atoms with E-state index in [0.29, 0.717) is 19.0 Å². The molecule has 2 rings (SSSR count). The lowest BCUT2D eigenvalue weighted by Crippen LogP contribution is -2.38. The normalized spacial score (nSPS) is 24.0. The Kier molecular flexibility index (Phi) is 4.88. The first-order chi connectivity index (χ1) is 10.0. The fraction of sp³-hybridized carbons (Fsp3) is 0.588. The summed E-state index contributed by atoms with van der Waals surface area (Å²) in [4.78, 5) is 13.8. The highest BCUT2D eigenvalue weighted by atomic mass is 16.5. The van der Waals surface area contributed by atoms with Gasteiger partial charge in [0.05, 0.1) is 12.5 Å². The van der Waals surface area contributed by atoms with Gasteiger partial charge in [-0.1, -0.05) is 19.1 Å². The van der Waals surface area contributed by atoms with Crippen LogP contribution < -0.4 is 4.74 Å². The van der Waals surface area contributed by atoms with Gasteiger partial charge in [-0.25, -0.2) is 0 Å². The molecule has 0 spiro atoms. The maximum Gasteiger partial charge on any atom is 0.310 e. The molecule has 1 aromatic rings. The molecule has 4 heteroatoms. The summed E-state index contributed by atoms with van der Waals surface area (Å²) in [6.45, 7) is 5.69. The van der Waals surface area contributed by atoms with E-state index >= 15 is 0 Å². The van der Waals surface area contributed by atoms with E-state index in [4.69, 9.17) is 4.74 Å².